The maximum Gasteiger partial charge on any atom is 0.228 e. The van der Waals surface area contributed by atoms with Gasteiger partial charge in [0, 0.05) is 49.9 Å². The van der Waals surface area contributed by atoms with Gasteiger partial charge in [-0.3, -0.25) is 4.79 Å². The Balaban J connectivity index is 1.54. The van der Waals surface area contributed by atoms with Crippen molar-refractivity contribution >= 4 is 22.9 Å². The average molecular weight is 464 g/mol. The molecule has 1 aromatic heterocycles. The Morgan fingerprint density at radius 2 is 1.82 bits per heavy atom. The van der Waals surface area contributed by atoms with Crippen molar-refractivity contribution < 1.29 is 9.53 Å². The van der Waals surface area contributed by atoms with Crippen LogP contribution in [0.15, 0.2) is 48.5 Å². The third-order valence-corrected chi connectivity index (χ3v) is 7.04. The predicted octanol–water partition coefficient (Wildman–Crippen LogP) is 5.24. The molecule has 0 bridgehead atoms. The van der Waals surface area contributed by atoms with Crippen LogP contribution >= 0.6 is 11.3 Å². The molecule has 0 radical (unpaired) electrons. The summed E-state index contributed by atoms with van der Waals surface area (Å²) in [4.78, 5) is 23.4. The van der Waals surface area contributed by atoms with Crippen molar-refractivity contribution in [2.24, 2.45) is 0 Å². The van der Waals surface area contributed by atoms with Crippen LogP contribution in [0.5, 0.6) is 0 Å². The average Bonchev–Trinajstić information content (AvgIpc) is 3.43. The van der Waals surface area contributed by atoms with E-state index in [1.807, 2.05) is 25.9 Å². The number of hydrogen-bond donors (Lipinski definition) is 0. The summed E-state index contributed by atoms with van der Waals surface area (Å²) in [6.45, 7) is 6.09. The van der Waals surface area contributed by atoms with Crippen molar-refractivity contribution in [3.63, 3.8) is 0 Å². The van der Waals surface area contributed by atoms with Crippen molar-refractivity contribution in [1.29, 1.82) is 0 Å². The van der Waals surface area contributed by atoms with E-state index in [2.05, 4.69) is 60.4 Å². The van der Waals surface area contributed by atoms with Crippen molar-refractivity contribution in [2.75, 3.05) is 32.1 Å². The number of aromatic nitrogens is 1. The van der Waals surface area contributed by atoms with Crippen molar-refractivity contribution in [3.05, 3.63) is 69.5 Å². The first-order valence-electron chi connectivity index (χ1n) is 11.6. The number of benzene rings is 2. The van der Waals surface area contributed by atoms with Crippen LogP contribution in [-0.4, -0.2) is 49.1 Å². The topological polar surface area (TPSA) is 45.7 Å². The van der Waals surface area contributed by atoms with Crippen LogP contribution in [-0.2, 0) is 22.5 Å². The highest BCUT2D eigenvalue weighted by atomic mass is 32.1. The number of hydrogen-bond acceptors (Lipinski definition) is 5. The molecule has 33 heavy (non-hydrogen) atoms. The van der Waals surface area contributed by atoms with Crippen LogP contribution in [0.3, 0.4) is 0 Å². The van der Waals surface area contributed by atoms with Gasteiger partial charge in [-0.1, -0.05) is 42.0 Å². The quantitative estimate of drug-likeness (QED) is 0.458. The molecule has 1 unspecified atom stereocenters. The summed E-state index contributed by atoms with van der Waals surface area (Å²) in [6.07, 6.45) is 2.56. The fraction of sp³-hybridized carbons (Fsp3) is 0.407. The number of nitrogens with zero attached hydrogens (tertiary/aromatic N) is 3. The molecule has 4 rings (SSSR count). The molecule has 1 aliphatic rings. The molecule has 1 fully saturated rings. The second-order valence-corrected chi connectivity index (χ2v) is 10.3. The lowest BCUT2D eigenvalue weighted by molar-refractivity contribution is -0.132. The summed E-state index contributed by atoms with van der Waals surface area (Å²) in [5.41, 5.74) is 5.49. The van der Waals surface area contributed by atoms with Gasteiger partial charge in [-0.25, -0.2) is 4.98 Å². The van der Waals surface area contributed by atoms with Gasteiger partial charge in [0.05, 0.1) is 23.2 Å². The van der Waals surface area contributed by atoms with Crippen LogP contribution in [0, 0.1) is 13.8 Å². The molecule has 3 aromatic rings. The van der Waals surface area contributed by atoms with Crippen molar-refractivity contribution in [1.82, 2.24) is 9.88 Å². The van der Waals surface area contributed by atoms with Gasteiger partial charge in [0.15, 0.2) is 0 Å². The zero-order chi connectivity index (χ0) is 23.4. The highest BCUT2D eigenvalue weighted by Crippen LogP contribution is 2.29. The largest absolute Gasteiger partial charge is 0.378 e. The summed E-state index contributed by atoms with van der Waals surface area (Å²) < 4.78 is 5.87. The first-order chi connectivity index (χ1) is 15.9. The fourth-order valence-electron chi connectivity index (χ4n) is 4.18. The van der Waals surface area contributed by atoms with E-state index in [1.54, 1.807) is 11.3 Å². The van der Waals surface area contributed by atoms with Gasteiger partial charge >= 0.3 is 0 Å². The Labute approximate surface area is 201 Å². The number of aryl methyl sites for hydroxylation is 2. The molecule has 0 spiro atoms. The van der Waals surface area contributed by atoms with Crippen molar-refractivity contribution in [3.8, 4) is 11.3 Å². The van der Waals surface area contributed by atoms with E-state index in [9.17, 15) is 4.79 Å². The second kappa shape index (κ2) is 10.5. The zero-order valence-electron chi connectivity index (χ0n) is 20.0. The number of carbonyl (C=O) groups excluding carboxylic acids is 1. The lowest BCUT2D eigenvalue weighted by Gasteiger charge is -2.26. The number of thiazole rings is 1. The summed E-state index contributed by atoms with van der Waals surface area (Å²) >= 11 is 1.62. The predicted molar refractivity (Wildman–Crippen MR) is 136 cm³/mol. The molecule has 6 heteroatoms. The maximum absolute atomic E-state index is 13.6. The number of anilines is 1. The smallest absolute Gasteiger partial charge is 0.228 e. The Hall–Kier alpha value is -2.70. The minimum atomic E-state index is 0.120. The van der Waals surface area contributed by atoms with E-state index in [0.29, 0.717) is 19.5 Å². The minimum Gasteiger partial charge on any atom is -0.378 e. The minimum absolute atomic E-state index is 0.120. The third kappa shape index (κ3) is 6.01. The normalized spacial score (nSPS) is 15.6. The lowest BCUT2D eigenvalue weighted by Crippen LogP contribution is -2.37. The molecule has 1 amide bonds. The van der Waals surface area contributed by atoms with Gasteiger partial charge in [-0.2, -0.15) is 0 Å². The molecule has 174 valence electrons. The summed E-state index contributed by atoms with van der Waals surface area (Å²) in [5, 5.41) is 0.985. The molecular formula is C27H33N3O2S. The Morgan fingerprint density at radius 3 is 2.45 bits per heavy atom. The van der Waals surface area contributed by atoms with Crippen LogP contribution in [0.25, 0.3) is 11.3 Å². The van der Waals surface area contributed by atoms with Crippen molar-refractivity contribution in [2.45, 2.75) is 45.8 Å². The summed E-state index contributed by atoms with van der Waals surface area (Å²) in [6, 6.07) is 16.8. The Bertz CT molecular complexity index is 1070. The molecule has 2 aromatic carbocycles. The van der Waals surface area contributed by atoms with Gasteiger partial charge in [0.2, 0.25) is 5.91 Å². The summed E-state index contributed by atoms with van der Waals surface area (Å²) in [7, 11) is 4.07. The van der Waals surface area contributed by atoms with Gasteiger partial charge < -0.3 is 14.5 Å². The molecule has 1 atom stereocenters. The molecular weight excluding hydrogens is 430 g/mol. The molecule has 0 saturated carbocycles. The van der Waals surface area contributed by atoms with Crippen LogP contribution < -0.4 is 4.90 Å². The Kier molecular flexibility index (Phi) is 7.46. The molecule has 0 N–H and O–H groups in total. The number of carbonyl (C=O) groups is 1. The fourth-order valence-corrected chi connectivity index (χ4v) is 5.13. The van der Waals surface area contributed by atoms with E-state index in [-0.39, 0.29) is 12.0 Å². The number of rotatable bonds is 8. The zero-order valence-corrected chi connectivity index (χ0v) is 20.8. The summed E-state index contributed by atoms with van der Waals surface area (Å²) in [5.74, 6) is 0.124. The van der Waals surface area contributed by atoms with Gasteiger partial charge in [0.25, 0.3) is 0 Å². The van der Waals surface area contributed by atoms with E-state index >= 15 is 0 Å². The van der Waals surface area contributed by atoms with E-state index in [4.69, 9.17) is 9.72 Å². The first-order valence-corrected chi connectivity index (χ1v) is 12.4. The standard InChI is InChI=1S/C27H33N3O2S/c1-19-7-11-22(12-8-19)27-25(33-20(2)28-27)16-26(31)30(18-24-6-5-15-32-24)17-21-9-13-23(14-10-21)29(3)4/h7-14,24H,5-6,15-18H2,1-4H3. The number of ether oxygens (including phenoxy) is 1. The van der Waals surface area contributed by atoms with Crippen LogP contribution in [0.2, 0.25) is 0 Å². The molecule has 1 aliphatic heterocycles. The third-order valence-electron chi connectivity index (χ3n) is 6.07. The lowest BCUT2D eigenvalue weighted by atomic mass is 10.1. The molecule has 1 saturated heterocycles. The highest BCUT2D eigenvalue weighted by molar-refractivity contribution is 7.12. The first kappa shape index (κ1) is 23.5. The maximum atomic E-state index is 13.6. The van der Waals surface area contributed by atoms with E-state index in [1.165, 1.54) is 5.56 Å². The number of amides is 1. The monoisotopic (exact) mass is 463 g/mol. The molecule has 5 nitrogen and oxygen atoms in total. The van der Waals surface area contributed by atoms with Gasteiger partial charge in [0.1, 0.15) is 0 Å². The van der Waals surface area contributed by atoms with Crippen LogP contribution in [0.4, 0.5) is 5.69 Å². The van der Waals surface area contributed by atoms with E-state index in [0.717, 1.165) is 51.8 Å². The highest BCUT2D eigenvalue weighted by Gasteiger charge is 2.24. The molecule has 2 heterocycles. The van der Waals surface area contributed by atoms with E-state index < -0.39 is 0 Å². The molecule has 0 aliphatic carbocycles. The van der Waals surface area contributed by atoms with Crippen LogP contribution in [0.1, 0.15) is 33.9 Å². The Morgan fingerprint density at radius 1 is 1.09 bits per heavy atom. The second-order valence-electron chi connectivity index (χ2n) is 9.02. The SMILES string of the molecule is Cc1ccc(-c2nc(C)sc2CC(=O)N(Cc2ccc(N(C)C)cc2)CC2CCCO2)cc1. The van der Waals surface area contributed by atoms with Gasteiger partial charge in [-0.05, 0) is 44.4 Å². The van der Waals surface area contributed by atoms with Gasteiger partial charge in [-0.15, -0.1) is 11.3 Å².